The summed E-state index contributed by atoms with van der Waals surface area (Å²) in [6.07, 6.45) is 7.30. The number of aryl methyl sites for hydroxylation is 1. The number of amides is 4. The van der Waals surface area contributed by atoms with Crippen molar-refractivity contribution in [2.45, 2.75) is 153 Å². The highest BCUT2D eigenvalue weighted by molar-refractivity contribution is 7.91. The number of para-hydroxylation sites is 1. The predicted octanol–water partition coefficient (Wildman–Crippen LogP) is 7.28. The Morgan fingerprint density at radius 1 is 1.06 bits per heavy atom. The minimum Gasteiger partial charge on any atom is -0.459 e. The van der Waals surface area contributed by atoms with Crippen LogP contribution >= 0.6 is 11.3 Å². The Hall–Kier alpha value is -5.29. The number of hydrogen-bond acceptors (Lipinski definition) is 11. The van der Waals surface area contributed by atoms with E-state index in [0.29, 0.717) is 50.1 Å². The number of alkyl carbamates (subject to hydrolysis) is 1. The van der Waals surface area contributed by atoms with Crippen molar-refractivity contribution in [3.05, 3.63) is 76.8 Å². The van der Waals surface area contributed by atoms with Gasteiger partial charge in [0.05, 0.1) is 22.5 Å². The van der Waals surface area contributed by atoms with E-state index in [1.165, 1.54) is 16.0 Å². The molecule has 4 heterocycles. The summed E-state index contributed by atoms with van der Waals surface area (Å²) in [5.41, 5.74) is 3.36. The van der Waals surface area contributed by atoms with Gasteiger partial charge in [0.25, 0.3) is 11.9 Å². The standard InChI is InChI=1S/C48H61N7O8S2/c1-29(2)55-37-20-14-18-35(41-49-33(28-64-41)24-31-16-13-15-30(3)23-31)39(37)51-44(55)62-34-25-38-40(56)52-48(43(58)53-65(60,61)47(7)21-22-47)26-32(48)17-11-9-8-10-12-19-36(42(57)54(38)27-34)50-45(59)63-46(4,5)6/h11,13-18,20,23,28-29,32,34,36,38H,8-10,12,19,21-22,24-27H2,1-7H3,(H,50,59)(H,52,56)(H,53,58)/b17-11-/t32-,34?,36+,38+,48-/m1/s1. The smallest absolute Gasteiger partial charge is 0.408 e. The number of sulfonamides is 1. The molecule has 2 aromatic carbocycles. The van der Waals surface area contributed by atoms with Gasteiger partial charge in [-0.1, -0.05) is 60.9 Å². The molecule has 2 aliphatic carbocycles. The van der Waals surface area contributed by atoms with Crippen LogP contribution in [0.2, 0.25) is 0 Å². The average Bonchev–Trinajstić information content (AvgIpc) is 3.92. The molecule has 2 saturated carbocycles. The summed E-state index contributed by atoms with van der Waals surface area (Å²) in [5, 5.41) is 8.61. The second-order valence-electron chi connectivity index (χ2n) is 19.7. The largest absolute Gasteiger partial charge is 0.459 e. The molecule has 4 amide bonds. The molecule has 1 saturated heterocycles. The van der Waals surface area contributed by atoms with Gasteiger partial charge < -0.3 is 25.0 Å². The zero-order valence-corrected chi connectivity index (χ0v) is 39.9. The molecule has 4 aliphatic rings. The molecule has 5 atom stereocenters. The number of imidazole rings is 1. The number of benzene rings is 2. The fourth-order valence-corrected chi connectivity index (χ4v) is 11.1. The van der Waals surface area contributed by atoms with Crippen LogP contribution in [-0.4, -0.2) is 92.3 Å². The molecule has 8 rings (SSSR count). The van der Waals surface area contributed by atoms with Crippen molar-refractivity contribution in [3.8, 4) is 16.6 Å². The van der Waals surface area contributed by atoms with Crippen LogP contribution in [0, 0.1) is 12.8 Å². The van der Waals surface area contributed by atoms with Crippen molar-refractivity contribution in [1.82, 2.24) is 34.8 Å². The van der Waals surface area contributed by atoms with Crippen molar-refractivity contribution in [3.63, 3.8) is 0 Å². The third kappa shape index (κ3) is 9.96. The summed E-state index contributed by atoms with van der Waals surface area (Å²) in [4.78, 5) is 68.2. The van der Waals surface area contributed by atoms with Gasteiger partial charge in [-0.15, -0.1) is 11.3 Å². The second kappa shape index (κ2) is 17.8. The number of nitrogens with zero attached hydrogens (tertiary/aromatic N) is 4. The molecular weight excluding hydrogens is 867 g/mol. The molecule has 4 aromatic rings. The van der Waals surface area contributed by atoms with E-state index in [4.69, 9.17) is 19.4 Å². The Labute approximate surface area is 385 Å². The van der Waals surface area contributed by atoms with Gasteiger partial charge in [-0.05, 0) is 105 Å². The number of thiazole rings is 1. The second-order valence-corrected chi connectivity index (χ2v) is 22.8. The highest BCUT2D eigenvalue weighted by Crippen LogP contribution is 2.48. The SMILES string of the molecule is Cc1cccc(Cc2csc(-c3cccc4c3nc(OC3C[C@H]5C(=O)N[C@]6(C(=O)NS(=O)(=O)C7(C)CC7)C[C@H]6/C=C\CCCCC[C@H](NC(=O)OC(C)(C)C)C(=O)N5C3)n4C(C)C)n2)c1. The quantitative estimate of drug-likeness (QED) is 0.136. The number of ether oxygens (including phenoxy) is 2. The van der Waals surface area contributed by atoms with Gasteiger partial charge >= 0.3 is 6.09 Å². The first-order valence-electron chi connectivity index (χ1n) is 22.8. The molecule has 348 valence electrons. The van der Waals surface area contributed by atoms with Crippen molar-refractivity contribution >= 4 is 56.2 Å². The molecule has 1 unspecified atom stereocenters. The maximum absolute atomic E-state index is 14.8. The summed E-state index contributed by atoms with van der Waals surface area (Å²) < 4.78 is 42.2. The van der Waals surface area contributed by atoms with E-state index in [2.05, 4.69) is 51.9 Å². The highest BCUT2D eigenvalue weighted by atomic mass is 32.2. The van der Waals surface area contributed by atoms with Gasteiger partial charge in [0.2, 0.25) is 21.8 Å². The zero-order chi connectivity index (χ0) is 46.5. The van der Waals surface area contributed by atoms with E-state index in [0.717, 1.165) is 34.6 Å². The third-order valence-corrected chi connectivity index (χ3v) is 16.0. The fourth-order valence-electron chi connectivity index (χ4n) is 8.94. The Bertz CT molecular complexity index is 2630. The van der Waals surface area contributed by atoms with Crippen LogP contribution in [0.5, 0.6) is 6.01 Å². The fraction of sp³-hybridized carbons (Fsp3) is 0.542. The van der Waals surface area contributed by atoms with Gasteiger partial charge in [-0.3, -0.25) is 23.7 Å². The topological polar surface area (TPSA) is 191 Å². The molecule has 0 radical (unpaired) electrons. The van der Waals surface area contributed by atoms with Crippen LogP contribution in [0.1, 0.15) is 122 Å². The van der Waals surface area contributed by atoms with Crippen molar-refractivity contribution in [1.29, 1.82) is 0 Å². The zero-order valence-electron chi connectivity index (χ0n) is 38.3. The normalized spacial score (nSPS) is 25.1. The average molecular weight is 928 g/mol. The van der Waals surface area contributed by atoms with E-state index in [-0.39, 0.29) is 25.4 Å². The minimum atomic E-state index is -4.01. The molecule has 15 nitrogen and oxygen atoms in total. The number of fused-ring (bicyclic) bond motifs is 3. The van der Waals surface area contributed by atoms with E-state index >= 15 is 0 Å². The first-order valence-corrected chi connectivity index (χ1v) is 25.2. The van der Waals surface area contributed by atoms with Gasteiger partial charge in [-0.2, -0.15) is 4.98 Å². The minimum absolute atomic E-state index is 0.0262. The number of nitrogens with one attached hydrogen (secondary N) is 3. The number of aromatic nitrogens is 3. The predicted molar refractivity (Wildman–Crippen MR) is 249 cm³/mol. The molecule has 2 aliphatic heterocycles. The lowest BCUT2D eigenvalue weighted by Crippen LogP contribution is -2.58. The van der Waals surface area contributed by atoms with Crippen LogP contribution in [-0.2, 0) is 35.6 Å². The lowest BCUT2D eigenvalue weighted by molar-refractivity contribution is -0.141. The van der Waals surface area contributed by atoms with E-state index in [9.17, 15) is 27.6 Å². The van der Waals surface area contributed by atoms with Crippen LogP contribution < -0.4 is 20.1 Å². The molecular formula is C48H61N7O8S2. The lowest BCUT2D eigenvalue weighted by Gasteiger charge is -2.30. The molecule has 65 heavy (non-hydrogen) atoms. The number of allylic oxidation sites excluding steroid dienone is 1. The summed E-state index contributed by atoms with van der Waals surface area (Å²) in [6, 6.07) is 12.4. The van der Waals surface area contributed by atoms with Crippen LogP contribution in [0.25, 0.3) is 21.6 Å². The van der Waals surface area contributed by atoms with Crippen molar-refractivity contribution < 1.29 is 37.1 Å². The van der Waals surface area contributed by atoms with Crippen molar-refractivity contribution in [2.75, 3.05) is 6.54 Å². The first kappa shape index (κ1) is 46.2. The van der Waals surface area contributed by atoms with Gasteiger partial charge in [0, 0.05) is 35.7 Å². The third-order valence-electron chi connectivity index (χ3n) is 12.9. The molecule has 17 heteroatoms. The maximum atomic E-state index is 14.8. The summed E-state index contributed by atoms with van der Waals surface area (Å²) in [6.45, 7) is 12.9. The lowest BCUT2D eigenvalue weighted by atomic mass is 10.0. The van der Waals surface area contributed by atoms with E-state index in [1.54, 1.807) is 39.0 Å². The van der Waals surface area contributed by atoms with Gasteiger partial charge in [0.15, 0.2) is 0 Å². The van der Waals surface area contributed by atoms with Crippen molar-refractivity contribution in [2.24, 2.45) is 5.92 Å². The Morgan fingerprint density at radius 3 is 2.55 bits per heavy atom. The number of rotatable bonds is 10. The Balaban J connectivity index is 1.11. The Morgan fingerprint density at radius 2 is 1.83 bits per heavy atom. The van der Waals surface area contributed by atoms with E-state index in [1.807, 2.05) is 48.8 Å². The first-order chi connectivity index (χ1) is 30.8. The summed E-state index contributed by atoms with van der Waals surface area (Å²) >= 11 is 1.55. The van der Waals surface area contributed by atoms with Crippen LogP contribution in [0.4, 0.5) is 4.79 Å². The molecule has 0 spiro atoms. The van der Waals surface area contributed by atoms with Gasteiger partial charge in [-0.25, -0.2) is 18.2 Å². The number of hydrogen-bond donors (Lipinski definition) is 3. The highest BCUT2D eigenvalue weighted by Gasteiger charge is 2.63. The van der Waals surface area contributed by atoms with E-state index < -0.39 is 73.8 Å². The van der Waals surface area contributed by atoms with Crippen LogP contribution in [0.15, 0.2) is 60.0 Å². The van der Waals surface area contributed by atoms with Crippen LogP contribution in [0.3, 0.4) is 0 Å². The monoisotopic (exact) mass is 927 g/mol. The van der Waals surface area contributed by atoms with Gasteiger partial charge in [0.1, 0.15) is 39.9 Å². The number of carbonyl (C=O) groups is 4. The molecule has 3 N–H and O–H groups in total. The molecule has 0 bridgehead atoms. The number of carbonyl (C=O) groups excluding carboxylic acids is 4. The maximum Gasteiger partial charge on any atom is 0.408 e. The molecule has 2 aromatic heterocycles. The molecule has 3 fully saturated rings. The summed E-state index contributed by atoms with van der Waals surface area (Å²) in [7, 11) is -4.01. The Kier molecular flexibility index (Phi) is 12.7. The summed E-state index contributed by atoms with van der Waals surface area (Å²) in [5.74, 6) is -2.36.